The number of carbonyl (C=O) groups is 3. The summed E-state index contributed by atoms with van der Waals surface area (Å²) in [6.45, 7) is 2.33. The van der Waals surface area contributed by atoms with Crippen molar-refractivity contribution < 1.29 is 18.9 Å². The second-order valence-corrected chi connectivity index (χ2v) is 6.28. The monoisotopic (exact) mass is 356 g/mol. The van der Waals surface area contributed by atoms with E-state index in [-0.39, 0.29) is 24.9 Å². The number of benzene rings is 1. The molecule has 26 heavy (non-hydrogen) atoms. The fraction of sp³-hybridized carbons (Fsp3) is 0.333. The molecular formula is C18H20N4O4. The summed E-state index contributed by atoms with van der Waals surface area (Å²) in [5, 5.41) is 9.07. The Hall–Kier alpha value is -3.16. The van der Waals surface area contributed by atoms with Crippen LogP contribution in [0.15, 0.2) is 34.9 Å². The van der Waals surface area contributed by atoms with Crippen LogP contribution in [0.3, 0.4) is 0 Å². The number of rotatable bonds is 4. The molecule has 2 aromatic rings. The van der Waals surface area contributed by atoms with E-state index in [0.717, 1.165) is 11.1 Å². The van der Waals surface area contributed by atoms with E-state index in [9.17, 15) is 14.4 Å². The normalized spacial score (nSPS) is 16.6. The standard InChI is InChI=1S/C18H20N4O4/c1-11-14(21-26-16(11)12-6-4-3-5-7-12)9-19-17(24)18(25)20-13-8-15(23)22(2)10-13/h3-7,13H,8-10H2,1-2H3,(H,19,24)(H,20,25). The maximum absolute atomic E-state index is 12.0. The first-order chi connectivity index (χ1) is 12.5. The van der Waals surface area contributed by atoms with Crippen LogP contribution >= 0.6 is 0 Å². The molecule has 136 valence electrons. The molecule has 0 radical (unpaired) electrons. The van der Waals surface area contributed by atoms with Crippen molar-refractivity contribution in [3.05, 3.63) is 41.6 Å². The molecule has 0 aliphatic carbocycles. The highest BCUT2D eigenvalue weighted by Gasteiger charge is 2.29. The predicted molar refractivity (Wildman–Crippen MR) is 92.7 cm³/mol. The van der Waals surface area contributed by atoms with Crippen LogP contribution in [0.25, 0.3) is 11.3 Å². The molecule has 1 saturated heterocycles. The van der Waals surface area contributed by atoms with Crippen LogP contribution < -0.4 is 10.6 Å². The van der Waals surface area contributed by atoms with Gasteiger partial charge in [0.05, 0.1) is 12.6 Å². The van der Waals surface area contributed by atoms with E-state index >= 15 is 0 Å². The molecule has 1 aliphatic heterocycles. The lowest BCUT2D eigenvalue weighted by atomic mass is 10.1. The van der Waals surface area contributed by atoms with Gasteiger partial charge in [0.1, 0.15) is 5.69 Å². The average Bonchev–Trinajstić information content (AvgIpc) is 3.15. The zero-order valence-electron chi connectivity index (χ0n) is 14.6. The summed E-state index contributed by atoms with van der Waals surface area (Å²) in [6, 6.07) is 9.17. The Kier molecular flexibility index (Phi) is 5.01. The fourth-order valence-electron chi connectivity index (χ4n) is 2.85. The molecule has 0 spiro atoms. The zero-order chi connectivity index (χ0) is 18.7. The van der Waals surface area contributed by atoms with Crippen molar-refractivity contribution in [2.24, 2.45) is 0 Å². The second-order valence-electron chi connectivity index (χ2n) is 6.28. The molecule has 8 heteroatoms. The van der Waals surface area contributed by atoms with Crippen molar-refractivity contribution in [1.82, 2.24) is 20.7 Å². The summed E-state index contributed by atoms with van der Waals surface area (Å²) in [4.78, 5) is 36.9. The number of nitrogens with one attached hydrogen (secondary N) is 2. The minimum Gasteiger partial charge on any atom is -0.356 e. The van der Waals surface area contributed by atoms with Gasteiger partial charge < -0.3 is 20.1 Å². The van der Waals surface area contributed by atoms with Crippen molar-refractivity contribution in [2.45, 2.75) is 25.9 Å². The molecule has 1 fully saturated rings. The van der Waals surface area contributed by atoms with Crippen molar-refractivity contribution in [2.75, 3.05) is 13.6 Å². The van der Waals surface area contributed by atoms with Crippen LogP contribution in [-0.4, -0.2) is 47.4 Å². The number of hydrogen-bond donors (Lipinski definition) is 2. The van der Waals surface area contributed by atoms with Crippen LogP contribution in [0.2, 0.25) is 0 Å². The van der Waals surface area contributed by atoms with E-state index in [1.54, 1.807) is 7.05 Å². The van der Waals surface area contributed by atoms with E-state index < -0.39 is 11.8 Å². The first-order valence-electron chi connectivity index (χ1n) is 8.29. The highest BCUT2D eigenvalue weighted by molar-refractivity contribution is 6.35. The van der Waals surface area contributed by atoms with Crippen LogP contribution in [0.5, 0.6) is 0 Å². The molecule has 0 saturated carbocycles. The lowest BCUT2D eigenvalue weighted by Crippen LogP contribution is -2.45. The van der Waals surface area contributed by atoms with Crippen LogP contribution in [-0.2, 0) is 20.9 Å². The van der Waals surface area contributed by atoms with Crippen LogP contribution in [0.4, 0.5) is 0 Å². The topological polar surface area (TPSA) is 105 Å². The lowest BCUT2D eigenvalue weighted by Gasteiger charge is -2.12. The summed E-state index contributed by atoms with van der Waals surface area (Å²) in [6.07, 6.45) is 0.207. The first kappa shape index (κ1) is 17.7. The lowest BCUT2D eigenvalue weighted by molar-refractivity contribution is -0.139. The molecule has 1 unspecified atom stereocenters. The molecule has 1 aromatic carbocycles. The first-order valence-corrected chi connectivity index (χ1v) is 8.29. The smallest absolute Gasteiger partial charge is 0.309 e. The summed E-state index contributed by atoms with van der Waals surface area (Å²) >= 11 is 0. The summed E-state index contributed by atoms with van der Waals surface area (Å²) in [5.41, 5.74) is 2.25. The summed E-state index contributed by atoms with van der Waals surface area (Å²) in [7, 11) is 1.66. The minimum absolute atomic E-state index is 0.0534. The van der Waals surface area contributed by atoms with Crippen molar-refractivity contribution in [1.29, 1.82) is 0 Å². The van der Waals surface area contributed by atoms with Gasteiger partial charge in [0, 0.05) is 31.1 Å². The van der Waals surface area contributed by atoms with Crippen LogP contribution in [0.1, 0.15) is 17.7 Å². The number of amides is 3. The molecule has 2 heterocycles. The Morgan fingerprint density at radius 1 is 1.27 bits per heavy atom. The van der Waals surface area contributed by atoms with E-state index in [1.165, 1.54) is 4.90 Å². The molecule has 1 atom stereocenters. The number of likely N-dealkylation sites (N-methyl/N-ethyl adjacent to an activating group) is 1. The van der Waals surface area contributed by atoms with Crippen molar-refractivity contribution in [3.8, 4) is 11.3 Å². The van der Waals surface area contributed by atoms with E-state index in [4.69, 9.17) is 4.52 Å². The SMILES string of the molecule is Cc1c(CNC(=O)C(=O)NC2CC(=O)N(C)C2)noc1-c1ccccc1. The Morgan fingerprint density at radius 2 is 2.00 bits per heavy atom. The summed E-state index contributed by atoms with van der Waals surface area (Å²) in [5.74, 6) is -0.952. The molecule has 1 aliphatic rings. The quantitative estimate of drug-likeness (QED) is 0.781. The van der Waals surface area contributed by atoms with Crippen molar-refractivity contribution >= 4 is 17.7 Å². The van der Waals surface area contributed by atoms with Gasteiger partial charge in [0.2, 0.25) is 5.91 Å². The maximum Gasteiger partial charge on any atom is 0.309 e. The number of carbonyl (C=O) groups excluding carboxylic acids is 3. The average molecular weight is 356 g/mol. The Bertz CT molecular complexity index is 831. The number of likely N-dealkylation sites (tertiary alicyclic amines) is 1. The highest BCUT2D eigenvalue weighted by atomic mass is 16.5. The Balaban J connectivity index is 1.56. The Morgan fingerprint density at radius 3 is 2.65 bits per heavy atom. The third-order valence-electron chi connectivity index (χ3n) is 4.36. The molecule has 8 nitrogen and oxygen atoms in total. The van der Waals surface area contributed by atoms with Gasteiger partial charge in [-0.2, -0.15) is 0 Å². The van der Waals surface area contributed by atoms with Gasteiger partial charge in [-0.25, -0.2) is 0 Å². The van der Waals surface area contributed by atoms with Gasteiger partial charge in [0.15, 0.2) is 5.76 Å². The van der Waals surface area contributed by atoms with Gasteiger partial charge in [-0.05, 0) is 6.92 Å². The number of aromatic nitrogens is 1. The highest BCUT2D eigenvalue weighted by Crippen LogP contribution is 2.25. The molecule has 2 N–H and O–H groups in total. The number of hydrogen-bond acceptors (Lipinski definition) is 5. The third kappa shape index (κ3) is 3.74. The molecule has 1 aromatic heterocycles. The number of nitrogens with zero attached hydrogens (tertiary/aromatic N) is 2. The molecular weight excluding hydrogens is 336 g/mol. The molecule has 0 bridgehead atoms. The van der Waals surface area contributed by atoms with Gasteiger partial charge in [-0.3, -0.25) is 14.4 Å². The third-order valence-corrected chi connectivity index (χ3v) is 4.36. The largest absolute Gasteiger partial charge is 0.356 e. The Labute approximate surface area is 150 Å². The minimum atomic E-state index is -0.768. The van der Waals surface area contributed by atoms with Crippen molar-refractivity contribution in [3.63, 3.8) is 0 Å². The molecule has 3 amide bonds. The fourth-order valence-corrected chi connectivity index (χ4v) is 2.85. The maximum atomic E-state index is 12.0. The van der Waals surface area contributed by atoms with E-state index in [0.29, 0.717) is 18.0 Å². The predicted octanol–water partition coefficient (Wildman–Crippen LogP) is 0.613. The molecule has 3 rings (SSSR count). The zero-order valence-corrected chi connectivity index (χ0v) is 14.6. The van der Waals surface area contributed by atoms with E-state index in [2.05, 4.69) is 15.8 Å². The summed E-state index contributed by atoms with van der Waals surface area (Å²) < 4.78 is 5.36. The van der Waals surface area contributed by atoms with Gasteiger partial charge in [-0.1, -0.05) is 35.5 Å². The van der Waals surface area contributed by atoms with Gasteiger partial charge >= 0.3 is 11.8 Å². The van der Waals surface area contributed by atoms with Crippen LogP contribution in [0, 0.1) is 6.92 Å². The van der Waals surface area contributed by atoms with Gasteiger partial charge in [0.25, 0.3) is 0 Å². The second kappa shape index (κ2) is 7.38. The van der Waals surface area contributed by atoms with Gasteiger partial charge in [-0.15, -0.1) is 0 Å². The van der Waals surface area contributed by atoms with E-state index in [1.807, 2.05) is 37.3 Å².